The lowest BCUT2D eigenvalue weighted by Crippen LogP contribution is -2.51. The molecule has 2 aromatic rings. The van der Waals surface area contributed by atoms with Crippen molar-refractivity contribution in [3.8, 4) is 11.5 Å². The van der Waals surface area contributed by atoms with Crippen molar-refractivity contribution >= 4 is 28.2 Å². The van der Waals surface area contributed by atoms with Crippen LogP contribution in [0.4, 0.5) is 0 Å². The lowest BCUT2D eigenvalue weighted by Gasteiger charge is -2.27. The van der Waals surface area contributed by atoms with Crippen molar-refractivity contribution in [1.82, 2.24) is 10.8 Å². The quantitative estimate of drug-likeness (QED) is 0.325. The smallest absolute Gasteiger partial charge is 0.265 e. The molecule has 0 aliphatic carbocycles. The van der Waals surface area contributed by atoms with Gasteiger partial charge in [-0.2, -0.15) is 0 Å². The van der Waals surface area contributed by atoms with E-state index in [0.29, 0.717) is 30.3 Å². The third-order valence-electron chi connectivity index (χ3n) is 5.72. The number of hydroxylamine groups is 1. The van der Waals surface area contributed by atoms with Crippen molar-refractivity contribution in [2.75, 3.05) is 33.4 Å². The van der Waals surface area contributed by atoms with Crippen LogP contribution in [0.15, 0.2) is 53.4 Å². The minimum absolute atomic E-state index is 0. The fourth-order valence-corrected chi connectivity index (χ4v) is 5.30. The molecular formula is C23H31ClN2O7S. The molecule has 1 saturated heterocycles. The van der Waals surface area contributed by atoms with E-state index in [0.717, 1.165) is 19.5 Å². The predicted octanol–water partition coefficient (Wildman–Crippen LogP) is 2.15. The molecule has 3 N–H and O–H groups in total. The third kappa shape index (κ3) is 6.39. The Morgan fingerprint density at radius 2 is 1.82 bits per heavy atom. The number of methoxy groups -OCH3 is 1. The van der Waals surface area contributed by atoms with Crippen LogP contribution in [0.5, 0.6) is 11.5 Å². The molecule has 2 aromatic carbocycles. The van der Waals surface area contributed by atoms with Crippen LogP contribution in [-0.4, -0.2) is 63.8 Å². The number of ether oxygens (including phenoxy) is 3. The number of amides is 1. The summed E-state index contributed by atoms with van der Waals surface area (Å²) < 4.78 is 41.3. The predicted molar refractivity (Wildman–Crippen MR) is 129 cm³/mol. The van der Waals surface area contributed by atoms with Crippen LogP contribution in [0.2, 0.25) is 0 Å². The highest BCUT2D eigenvalue weighted by atomic mass is 35.5. The highest BCUT2D eigenvalue weighted by Gasteiger charge is 2.47. The summed E-state index contributed by atoms with van der Waals surface area (Å²) in [6.07, 6.45) is 0.734. The van der Waals surface area contributed by atoms with Crippen molar-refractivity contribution in [2.45, 2.75) is 35.5 Å². The van der Waals surface area contributed by atoms with E-state index in [4.69, 9.17) is 14.2 Å². The zero-order valence-corrected chi connectivity index (χ0v) is 20.8. The first-order valence-corrected chi connectivity index (χ1v) is 12.2. The number of benzene rings is 2. The Morgan fingerprint density at radius 1 is 1.18 bits per heavy atom. The largest absolute Gasteiger partial charge is 0.497 e. The van der Waals surface area contributed by atoms with Gasteiger partial charge in [-0.3, -0.25) is 10.0 Å². The van der Waals surface area contributed by atoms with Crippen LogP contribution in [0.1, 0.15) is 18.9 Å². The molecule has 9 nitrogen and oxygen atoms in total. The topological polar surface area (TPSA) is 123 Å². The number of hydrogen-bond acceptors (Lipinski definition) is 8. The molecule has 2 unspecified atom stereocenters. The summed E-state index contributed by atoms with van der Waals surface area (Å²) in [5.41, 5.74) is 2.11. The van der Waals surface area contributed by atoms with E-state index in [1.165, 1.54) is 43.8 Å². The second-order valence-electron chi connectivity index (χ2n) is 8.01. The molecule has 1 aliphatic rings. The Morgan fingerprint density at radius 3 is 2.38 bits per heavy atom. The summed E-state index contributed by atoms with van der Waals surface area (Å²) in [4.78, 5) is 12.5. The minimum atomic E-state index is -4.15. The molecule has 1 heterocycles. The fraction of sp³-hybridized carbons (Fsp3) is 0.435. The Balaban J connectivity index is 0.00000408. The van der Waals surface area contributed by atoms with Crippen molar-refractivity contribution in [3.05, 3.63) is 54.1 Å². The second kappa shape index (κ2) is 12.4. The molecule has 34 heavy (non-hydrogen) atoms. The highest BCUT2D eigenvalue weighted by molar-refractivity contribution is 7.93. The SMILES string of the molecule is COc1ccc(S(=O)(=O)C(C)(Cc2ccc(OCCC3CNCCO3)cc2)C(=O)NO)cc1.Cl. The van der Waals surface area contributed by atoms with Gasteiger partial charge in [-0.15, -0.1) is 12.4 Å². The van der Waals surface area contributed by atoms with Gasteiger partial charge in [0.15, 0.2) is 14.6 Å². The Bertz CT molecular complexity index is 1030. The second-order valence-corrected chi connectivity index (χ2v) is 10.4. The van der Waals surface area contributed by atoms with Gasteiger partial charge >= 0.3 is 0 Å². The molecule has 1 amide bonds. The number of halogens is 1. The number of sulfone groups is 1. The van der Waals surface area contributed by atoms with Gasteiger partial charge < -0.3 is 19.5 Å². The summed E-state index contributed by atoms with van der Waals surface area (Å²) in [6, 6.07) is 12.6. The van der Waals surface area contributed by atoms with Gasteiger partial charge in [-0.25, -0.2) is 13.9 Å². The Kier molecular flexibility index (Phi) is 10.1. The van der Waals surface area contributed by atoms with Gasteiger partial charge in [0.25, 0.3) is 5.91 Å². The Labute approximate surface area is 206 Å². The number of rotatable bonds is 10. The van der Waals surface area contributed by atoms with E-state index >= 15 is 0 Å². The molecule has 3 rings (SSSR count). The lowest BCUT2D eigenvalue weighted by molar-refractivity contribution is -0.131. The number of carbonyl (C=O) groups is 1. The van der Waals surface area contributed by atoms with Gasteiger partial charge in [0.05, 0.1) is 31.3 Å². The van der Waals surface area contributed by atoms with E-state index in [9.17, 15) is 18.4 Å². The summed E-state index contributed by atoms with van der Waals surface area (Å²) in [5.74, 6) is 0.109. The van der Waals surface area contributed by atoms with Gasteiger partial charge in [-0.1, -0.05) is 12.1 Å². The molecule has 1 fully saturated rings. The Hall–Kier alpha value is -2.37. The molecule has 2 atom stereocenters. The van der Waals surface area contributed by atoms with E-state index in [1.807, 2.05) is 0 Å². The average Bonchev–Trinajstić information content (AvgIpc) is 2.85. The third-order valence-corrected chi connectivity index (χ3v) is 8.13. The molecule has 0 radical (unpaired) electrons. The van der Waals surface area contributed by atoms with Crippen molar-refractivity contribution in [2.24, 2.45) is 0 Å². The molecular weight excluding hydrogens is 484 g/mol. The van der Waals surface area contributed by atoms with Crippen LogP contribution >= 0.6 is 12.4 Å². The maximum absolute atomic E-state index is 13.4. The summed E-state index contributed by atoms with van der Waals surface area (Å²) in [5, 5.41) is 12.5. The van der Waals surface area contributed by atoms with Crippen LogP contribution in [0, 0.1) is 0 Å². The van der Waals surface area contributed by atoms with E-state index in [-0.39, 0.29) is 29.8 Å². The van der Waals surface area contributed by atoms with Crippen LogP contribution in [-0.2, 0) is 25.8 Å². The zero-order chi connectivity index (χ0) is 23.9. The van der Waals surface area contributed by atoms with Crippen LogP contribution < -0.4 is 20.3 Å². The maximum atomic E-state index is 13.4. The molecule has 1 aliphatic heterocycles. The molecule has 0 spiro atoms. The number of hydrogen-bond donors (Lipinski definition) is 3. The van der Waals surface area contributed by atoms with E-state index < -0.39 is 20.5 Å². The zero-order valence-electron chi connectivity index (χ0n) is 19.2. The molecule has 11 heteroatoms. The lowest BCUT2D eigenvalue weighted by atomic mass is 9.99. The van der Waals surface area contributed by atoms with Crippen molar-refractivity contribution in [3.63, 3.8) is 0 Å². The van der Waals surface area contributed by atoms with Gasteiger partial charge in [0.1, 0.15) is 11.5 Å². The van der Waals surface area contributed by atoms with Crippen LogP contribution in [0.25, 0.3) is 0 Å². The first kappa shape index (κ1) is 27.9. The summed E-state index contributed by atoms with van der Waals surface area (Å²) >= 11 is 0. The summed E-state index contributed by atoms with van der Waals surface area (Å²) in [7, 11) is -2.68. The molecule has 0 bridgehead atoms. The fourth-order valence-electron chi connectivity index (χ4n) is 3.64. The normalized spacial score (nSPS) is 17.7. The first-order chi connectivity index (χ1) is 15.8. The number of morpholine rings is 1. The molecule has 0 aromatic heterocycles. The van der Waals surface area contributed by atoms with Crippen LogP contribution in [0.3, 0.4) is 0 Å². The van der Waals surface area contributed by atoms with Crippen molar-refractivity contribution in [1.29, 1.82) is 0 Å². The molecule has 188 valence electrons. The van der Waals surface area contributed by atoms with E-state index in [2.05, 4.69) is 5.32 Å². The van der Waals surface area contributed by atoms with Gasteiger partial charge in [0, 0.05) is 25.9 Å². The highest BCUT2D eigenvalue weighted by Crippen LogP contribution is 2.31. The van der Waals surface area contributed by atoms with Crippen molar-refractivity contribution < 1.29 is 32.6 Å². The standard InChI is InChI=1S/C23H30N2O7S.ClH/c1-23(22(26)25-27,33(28,29)21-9-7-18(30-2)8-10-21)15-17-3-5-19(6-4-17)31-13-11-20-16-24-12-14-32-20;/h3-10,20,24,27H,11-16H2,1-2H3,(H,25,26);1H. The van der Waals surface area contributed by atoms with Gasteiger partial charge in [0.2, 0.25) is 0 Å². The maximum Gasteiger partial charge on any atom is 0.265 e. The summed E-state index contributed by atoms with van der Waals surface area (Å²) in [6.45, 7) is 4.14. The minimum Gasteiger partial charge on any atom is -0.497 e. The van der Waals surface area contributed by atoms with E-state index in [1.54, 1.807) is 24.3 Å². The number of nitrogens with one attached hydrogen (secondary N) is 2. The average molecular weight is 515 g/mol. The monoisotopic (exact) mass is 514 g/mol. The molecule has 0 saturated carbocycles. The van der Waals surface area contributed by atoms with Gasteiger partial charge in [-0.05, 0) is 48.9 Å². The first-order valence-electron chi connectivity index (χ1n) is 10.7. The number of carbonyl (C=O) groups excluding carboxylic acids is 1.